The standard InChI is InChI=1S/C9H10N2S/c1-7(12)11-9-5-3-2-4-8(9)6-10-11/h2-7,12H,1H3. The lowest BCUT2D eigenvalue weighted by Crippen LogP contribution is -1.99. The summed E-state index contributed by atoms with van der Waals surface area (Å²) in [4.78, 5) is 0. The molecule has 0 spiro atoms. The second-order valence-electron chi connectivity index (χ2n) is 2.78. The quantitative estimate of drug-likeness (QED) is 0.664. The first-order valence-electron chi connectivity index (χ1n) is 3.89. The second kappa shape index (κ2) is 2.83. The minimum atomic E-state index is 0.130. The molecular formula is C9H10N2S. The molecule has 0 radical (unpaired) electrons. The van der Waals surface area contributed by atoms with Gasteiger partial charge >= 0.3 is 0 Å². The summed E-state index contributed by atoms with van der Waals surface area (Å²) >= 11 is 4.33. The van der Waals surface area contributed by atoms with Crippen LogP contribution in [0.1, 0.15) is 12.3 Å². The van der Waals surface area contributed by atoms with Crippen LogP contribution in [-0.2, 0) is 0 Å². The molecule has 1 aromatic heterocycles. The number of fused-ring (bicyclic) bond motifs is 1. The van der Waals surface area contributed by atoms with Gasteiger partial charge < -0.3 is 0 Å². The van der Waals surface area contributed by atoms with Gasteiger partial charge in [0, 0.05) is 5.39 Å². The topological polar surface area (TPSA) is 17.8 Å². The van der Waals surface area contributed by atoms with Crippen LogP contribution in [0, 0.1) is 0 Å². The molecule has 1 atom stereocenters. The summed E-state index contributed by atoms with van der Waals surface area (Å²) in [5, 5.41) is 5.53. The number of hydrogen-bond acceptors (Lipinski definition) is 2. The van der Waals surface area contributed by atoms with E-state index in [0.29, 0.717) is 0 Å². The van der Waals surface area contributed by atoms with E-state index < -0.39 is 0 Å². The van der Waals surface area contributed by atoms with Crippen LogP contribution in [0.3, 0.4) is 0 Å². The number of aromatic nitrogens is 2. The van der Waals surface area contributed by atoms with E-state index in [1.54, 1.807) is 0 Å². The fraction of sp³-hybridized carbons (Fsp3) is 0.222. The van der Waals surface area contributed by atoms with Gasteiger partial charge in [-0.25, -0.2) is 0 Å². The van der Waals surface area contributed by atoms with E-state index >= 15 is 0 Å². The summed E-state index contributed by atoms with van der Waals surface area (Å²) in [6, 6.07) is 8.12. The molecule has 1 aromatic carbocycles. The first-order chi connectivity index (χ1) is 5.79. The number of rotatable bonds is 1. The molecule has 0 saturated heterocycles. The Morgan fingerprint density at radius 1 is 1.42 bits per heavy atom. The van der Waals surface area contributed by atoms with Crippen molar-refractivity contribution in [1.29, 1.82) is 0 Å². The van der Waals surface area contributed by atoms with Gasteiger partial charge in [-0.15, -0.1) is 0 Å². The lowest BCUT2D eigenvalue weighted by Gasteiger charge is -2.05. The molecule has 0 fully saturated rings. The number of hydrogen-bond donors (Lipinski definition) is 1. The van der Waals surface area contributed by atoms with Crippen molar-refractivity contribution in [1.82, 2.24) is 9.78 Å². The minimum absolute atomic E-state index is 0.130. The molecule has 1 unspecified atom stereocenters. The normalized spacial score (nSPS) is 13.5. The zero-order chi connectivity index (χ0) is 8.55. The molecule has 62 valence electrons. The predicted molar refractivity (Wildman–Crippen MR) is 53.4 cm³/mol. The van der Waals surface area contributed by atoms with E-state index in [2.05, 4.69) is 29.9 Å². The molecule has 2 nitrogen and oxygen atoms in total. The van der Waals surface area contributed by atoms with E-state index in [1.807, 2.05) is 29.9 Å². The lowest BCUT2D eigenvalue weighted by atomic mass is 10.3. The maximum atomic E-state index is 4.33. The Bertz CT molecular complexity index is 392. The van der Waals surface area contributed by atoms with Gasteiger partial charge in [-0.1, -0.05) is 18.2 Å². The van der Waals surface area contributed by atoms with E-state index in [0.717, 1.165) is 5.52 Å². The molecule has 0 aliphatic rings. The third-order valence-corrected chi connectivity index (χ3v) is 2.08. The number of para-hydroxylation sites is 1. The zero-order valence-corrected chi connectivity index (χ0v) is 7.70. The average Bonchev–Trinajstić information content (AvgIpc) is 2.47. The largest absolute Gasteiger partial charge is 0.252 e. The Morgan fingerprint density at radius 2 is 2.17 bits per heavy atom. The first kappa shape index (κ1) is 7.68. The first-order valence-corrected chi connectivity index (χ1v) is 4.41. The van der Waals surface area contributed by atoms with Gasteiger partial charge in [-0.05, 0) is 13.0 Å². The Balaban J connectivity index is 2.70. The van der Waals surface area contributed by atoms with Gasteiger partial charge in [0.15, 0.2) is 0 Å². The van der Waals surface area contributed by atoms with Crippen LogP contribution in [0.5, 0.6) is 0 Å². The fourth-order valence-corrected chi connectivity index (χ4v) is 1.47. The van der Waals surface area contributed by atoms with Crippen molar-refractivity contribution in [2.45, 2.75) is 12.3 Å². The fourth-order valence-electron chi connectivity index (χ4n) is 1.29. The molecule has 0 saturated carbocycles. The molecule has 0 aliphatic carbocycles. The molecule has 12 heavy (non-hydrogen) atoms. The molecule has 2 rings (SSSR count). The van der Waals surface area contributed by atoms with E-state index in [-0.39, 0.29) is 5.37 Å². The molecule has 0 bridgehead atoms. The number of nitrogens with zero attached hydrogens (tertiary/aromatic N) is 2. The molecule has 0 aliphatic heterocycles. The van der Waals surface area contributed by atoms with Crippen LogP contribution in [0.25, 0.3) is 10.9 Å². The van der Waals surface area contributed by atoms with Crippen molar-refractivity contribution in [3.05, 3.63) is 30.5 Å². The summed E-state index contributed by atoms with van der Waals surface area (Å²) in [6.45, 7) is 2.00. The van der Waals surface area contributed by atoms with Crippen LogP contribution < -0.4 is 0 Å². The van der Waals surface area contributed by atoms with E-state index in [4.69, 9.17) is 0 Å². The van der Waals surface area contributed by atoms with E-state index in [1.165, 1.54) is 5.39 Å². The third kappa shape index (κ3) is 1.10. The van der Waals surface area contributed by atoms with Gasteiger partial charge in [0.2, 0.25) is 0 Å². The van der Waals surface area contributed by atoms with Crippen LogP contribution in [0.15, 0.2) is 30.5 Å². The zero-order valence-electron chi connectivity index (χ0n) is 6.81. The van der Waals surface area contributed by atoms with Crippen LogP contribution >= 0.6 is 12.6 Å². The Hall–Kier alpha value is -0.960. The van der Waals surface area contributed by atoms with Gasteiger partial charge in [0.05, 0.1) is 17.1 Å². The Kier molecular flexibility index (Phi) is 1.81. The van der Waals surface area contributed by atoms with Gasteiger partial charge in [-0.2, -0.15) is 17.7 Å². The van der Waals surface area contributed by atoms with Crippen molar-refractivity contribution in [3.63, 3.8) is 0 Å². The van der Waals surface area contributed by atoms with Gasteiger partial charge in [-0.3, -0.25) is 4.68 Å². The number of thiol groups is 1. The number of benzene rings is 1. The predicted octanol–water partition coefficient (Wildman–Crippen LogP) is 2.48. The highest BCUT2D eigenvalue weighted by Crippen LogP contribution is 2.18. The summed E-state index contributed by atoms with van der Waals surface area (Å²) in [6.07, 6.45) is 1.86. The van der Waals surface area contributed by atoms with Crippen molar-refractivity contribution < 1.29 is 0 Å². The molecule has 0 amide bonds. The van der Waals surface area contributed by atoms with Crippen molar-refractivity contribution >= 4 is 23.5 Å². The monoisotopic (exact) mass is 178 g/mol. The maximum Gasteiger partial charge on any atom is 0.0921 e. The molecule has 1 heterocycles. The highest BCUT2D eigenvalue weighted by Gasteiger charge is 2.03. The smallest absolute Gasteiger partial charge is 0.0921 e. The van der Waals surface area contributed by atoms with Crippen LogP contribution in [-0.4, -0.2) is 9.78 Å². The SMILES string of the molecule is CC(S)n1ncc2ccccc21. The average molecular weight is 178 g/mol. The van der Waals surface area contributed by atoms with E-state index in [9.17, 15) is 0 Å². The van der Waals surface area contributed by atoms with Crippen molar-refractivity contribution in [2.24, 2.45) is 0 Å². The molecular weight excluding hydrogens is 168 g/mol. The second-order valence-corrected chi connectivity index (χ2v) is 3.53. The minimum Gasteiger partial charge on any atom is -0.252 e. The van der Waals surface area contributed by atoms with Crippen molar-refractivity contribution in [2.75, 3.05) is 0 Å². The Labute approximate surface area is 76.6 Å². The summed E-state index contributed by atoms with van der Waals surface area (Å²) < 4.78 is 1.90. The van der Waals surface area contributed by atoms with Gasteiger partial charge in [0.25, 0.3) is 0 Å². The molecule has 3 heteroatoms. The summed E-state index contributed by atoms with van der Waals surface area (Å²) in [5.74, 6) is 0. The summed E-state index contributed by atoms with van der Waals surface area (Å²) in [5.41, 5.74) is 1.14. The highest BCUT2D eigenvalue weighted by molar-refractivity contribution is 7.80. The highest BCUT2D eigenvalue weighted by atomic mass is 32.1. The third-order valence-electron chi connectivity index (χ3n) is 1.86. The van der Waals surface area contributed by atoms with Gasteiger partial charge in [0.1, 0.15) is 0 Å². The summed E-state index contributed by atoms with van der Waals surface area (Å²) in [7, 11) is 0. The van der Waals surface area contributed by atoms with Crippen LogP contribution in [0.2, 0.25) is 0 Å². The Morgan fingerprint density at radius 3 is 2.92 bits per heavy atom. The molecule has 2 aromatic rings. The van der Waals surface area contributed by atoms with Crippen LogP contribution in [0.4, 0.5) is 0 Å². The maximum absolute atomic E-state index is 4.33. The molecule has 0 N–H and O–H groups in total. The van der Waals surface area contributed by atoms with Crippen molar-refractivity contribution in [3.8, 4) is 0 Å². The lowest BCUT2D eigenvalue weighted by molar-refractivity contribution is 0.670.